The Bertz CT molecular complexity index is 974. The first-order valence-electron chi connectivity index (χ1n) is 9.70. The minimum atomic E-state index is -3.69. The van der Waals surface area contributed by atoms with Gasteiger partial charge in [-0.3, -0.25) is 9.10 Å². The first-order chi connectivity index (χ1) is 14.1. The Kier molecular flexibility index (Phi) is 7.72. The van der Waals surface area contributed by atoms with E-state index in [1.807, 2.05) is 32.0 Å². The lowest BCUT2D eigenvalue weighted by Gasteiger charge is -2.30. The van der Waals surface area contributed by atoms with Crippen LogP contribution in [0.3, 0.4) is 0 Å². The van der Waals surface area contributed by atoms with E-state index >= 15 is 0 Å². The monoisotopic (exact) mass is 434 g/mol. The third-order valence-electron chi connectivity index (χ3n) is 4.96. The van der Waals surface area contributed by atoms with E-state index in [2.05, 4.69) is 5.32 Å². The van der Waals surface area contributed by atoms with Crippen molar-refractivity contribution in [3.8, 4) is 11.5 Å². The maximum atomic E-state index is 13.0. The summed E-state index contributed by atoms with van der Waals surface area (Å²) in [7, 11) is -0.544. The summed E-state index contributed by atoms with van der Waals surface area (Å²) in [5.41, 5.74) is 2.30. The third kappa shape index (κ3) is 5.44. The lowest BCUT2D eigenvalue weighted by atomic mass is 10.0. The number of carbonyl (C=O) groups is 1. The smallest absolute Gasteiger partial charge is 0.244 e. The molecule has 30 heavy (non-hydrogen) atoms. The van der Waals surface area contributed by atoms with Gasteiger partial charge in [-0.1, -0.05) is 19.1 Å². The van der Waals surface area contributed by atoms with Crippen LogP contribution in [0, 0.1) is 6.92 Å². The molecule has 8 heteroatoms. The predicted octanol–water partition coefficient (Wildman–Crippen LogP) is 3.43. The molecule has 2 atom stereocenters. The quantitative estimate of drug-likeness (QED) is 0.654. The second-order valence-electron chi connectivity index (χ2n) is 7.13. The Morgan fingerprint density at radius 1 is 1.10 bits per heavy atom. The first kappa shape index (κ1) is 23.5. The number of aryl methyl sites for hydroxylation is 1. The molecule has 0 aromatic heterocycles. The average Bonchev–Trinajstić information content (AvgIpc) is 2.71. The Balaban J connectivity index is 2.28. The van der Waals surface area contributed by atoms with Crippen LogP contribution in [-0.2, 0) is 14.8 Å². The summed E-state index contributed by atoms with van der Waals surface area (Å²) in [6.45, 7) is 5.48. The van der Waals surface area contributed by atoms with Crippen molar-refractivity contribution < 1.29 is 22.7 Å². The van der Waals surface area contributed by atoms with Crippen LogP contribution in [0.15, 0.2) is 42.5 Å². The molecule has 0 aliphatic heterocycles. The van der Waals surface area contributed by atoms with Gasteiger partial charge < -0.3 is 14.8 Å². The highest BCUT2D eigenvalue weighted by Crippen LogP contribution is 2.26. The number of hydrogen-bond acceptors (Lipinski definition) is 5. The van der Waals surface area contributed by atoms with Crippen LogP contribution in [-0.4, -0.2) is 40.8 Å². The molecule has 2 rings (SSSR count). The summed E-state index contributed by atoms with van der Waals surface area (Å²) in [6.07, 6.45) is 1.75. The molecule has 0 aliphatic rings. The second-order valence-corrected chi connectivity index (χ2v) is 8.99. The molecule has 0 unspecified atom stereocenters. The number of hydrogen-bond donors (Lipinski definition) is 1. The van der Waals surface area contributed by atoms with Gasteiger partial charge in [-0.15, -0.1) is 0 Å². The van der Waals surface area contributed by atoms with Crippen molar-refractivity contribution in [3.05, 3.63) is 53.6 Å². The van der Waals surface area contributed by atoms with Gasteiger partial charge in [-0.05, 0) is 61.7 Å². The van der Waals surface area contributed by atoms with E-state index in [1.165, 1.54) is 7.11 Å². The van der Waals surface area contributed by atoms with Gasteiger partial charge in [0.05, 0.1) is 32.2 Å². The van der Waals surface area contributed by atoms with Crippen molar-refractivity contribution in [1.29, 1.82) is 0 Å². The molecule has 0 aliphatic carbocycles. The lowest BCUT2D eigenvalue weighted by molar-refractivity contribution is -0.122. The normalized spacial score (nSPS) is 13.3. The topological polar surface area (TPSA) is 84.9 Å². The molecule has 2 aromatic rings. The molecule has 0 saturated carbocycles. The summed E-state index contributed by atoms with van der Waals surface area (Å²) in [6, 6.07) is 11.1. The fraction of sp³-hybridized carbons (Fsp3) is 0.409. The number of nitrogens with zero attached hydrogens (tertiary/aromatic N) is 1. The summed E-state index contributed by atoms with van der Waals surface area (Å²) in [5, 5.41) is 2.98. The van der Waals surface area contributed by atoms with Gasteiger partial charge >= 0.3 is 0 Å². The molecular weight excluding hydrogens is 404 g/mol. The molecule has 164 valence electrons. The summed E-state index contributed by atoms with van der Waals surface area (Å²) < 4.78 is 36.5. The van der Waals surface area contributed by atoms with Gasteiger partial charge in [0.25, 0.3) is 0 Å². The Labute approximate surface area is 179 Å². The van der Waals surface area contributed by atoms with Crippen molar-refractivity contribution in [3.63, 3.8) is 0 Å². The highest BCUT2D eigenvalue weighted by atomic mass is 32.2. The minimum Gasteiger partial charge on any atom is -0.497 e. The summed E-state index contributed by atoms with van der Waals surface area (Å²) >= 11 is 0. The zero-order valence-corrected chi connectivity index (χ0v) is 19.1. The maximum absolute atomic E-state index is 13.0. The van der Waals surface area contributed by atoms with Crippen LogP contribution >= 0.6 is 0 Å². The molecule has 1 amide bonds. The molecule has 2 aromatic carbocycles. The highest BCUT2D eigenvalue weighted by molar-refractivity contribution is 7.92. The van der Waals surface area contributed by atoms with Crippen LogP contribution in [0.25, 0.3) is 0 Å². The molecule has 0 bridgehead atoms. The van der Waals surface area contributed by atoms with Gasteiger partial charge in [0, 0.05) is 0 Å². The van der Waals surface area contributed by atoms with E-state index in [0.29, 0.717) is 17.9 Å². The predicted molar refractivity (Wildman–Crippen MR) is 119 cm³/mol. The summed E-state index contributed by atoms with van der Waals surface area (Å²) in [4.78, 5) is 13.0. The molecular formula is C22H30N2O5S. The van der Waals surface area contributed by atoms with Gasteiger partial charge in [-0.2, -0.15) is 0 Å². The Morgan fingerprint density at radius 3 is 2.20 bits per heavy atom. The number of benzene rings is 2. The maximum Gasteiger partial charge on any atom is 0.244 e. The van der Waals surface area contributed by atoms with Gasteiger partial charge in [0.15, 0.2) is 0 Å². The zero-order valence-electron chi connectivity index (χ0n) is 18.3. The standard InChI is InChI=1S/C22H30N2O5S/c1-7-20(17-8-13-21(29-5)15(2)14-17)23-22(25)16(3)24(30(6,26)27)18-9-11-19(28-4)12-10-18/h8-14,16,20H,7H2,1-6H3,(H,23,25)/t16-,20-/m1/s1. The molecule has 0 spiro atoms. The van der Waals surface area contributed by atoms with Crippen LogP contribution < -0.4 is 19.1 Å². The van der Waals surface area contributed by atoms with Gasteiger partial charge in [0.1, 0.15) is 17.5 Å². The zero-order chi connectivity index (χ0) is 22.5. The van der Waals surface area contributed by atoms with E-state index < -0.39 is 16.1 Å². The van der Waals surface area contributed by atoms with E-state index in [-0.39, 0.29) is 11.9 Å². The number of anilines is 1. The Morgan fingerprint density at radius 2 is 1.73 bits per heavy atom. The molecule has 0 fully saturated rings. The number of carbonyl (C=O) groups excluding carboxylic acids is 1. The molecule has 0 heterocycles. The molecule has 1 N–H and O–H groups in total. The average molecular weight is 435 g/mol. The van der Waals surface area contributed by atoms with Gasteiger partial charge in [-0.25, -0.2) is 8.42 Å². The number of ether oxygens (including phenoxy) is 2. The molecule has 0 radical (unpaired) electrons. The first-order valence-corrected chi connectivity index (χ1v) is 11.6. The number of rotatable bonds is 9. The van der Waals surface area contributed by atoms with Crippen molar-refractivity contribution in [2.24, 2.45) is 0 Å². The van der Waals surface area contributed by atoms with Crippen molar-refractivity contribution in [2.75, 3.05) is 24.8 Å². The number of amides is 1. The molecule has 7 nitrogen and oxygen atoms in total. The van der Waals surface area contributed by atoms with Crippen LogP contribution in [0.4, 0.5) is 5.69 Å². The largest absolute Gasteiger partial charge is 0.497 e. The van der Waals surface area contributed by atoms with Crippen molar-refractivity contribution in [2.45, 2.75) is 39.3 Å². The minimum absolute atomic E-state index is 0.248. The van der Waals surface area contributed by atoms with Crippen LogP contribution in [0.1, 0.15) is 37.4 Å². The summed E-state index contributed by atoms with van der Waals surface area (Å²) in [5.74, 6) is 0.998. The van der Waals surface area contributed by atoms with Crippen LogP contribution in [0.2, 0.25) is 0 Å². The fourth-order valence-electron chi connectivity index (χ4n) is 3.37. The number of methoxy groups -OCH3 is 2. The van der Waals surface area contributed by atoms with Crippen molar-refractivity contribution in [1.82, 2.24) is 5.32 Å². The molecule has 0 saturated heterocycles. The van der Waals surface area contributed by atoms with Gasteiger partial charge in [0.2, 0.25) is 15.9 Å². The van der Waals surface area contributed by atoms with E-state index in [1.54, 1.807) is 38.3 Å². The van der Waals surface area contributed by atoms with E-state index in [0.717, 1.165) is 27.4 Å². The van der Waals surface area contributed by atoms with E-state index in [9.17, 15) is 13.2 Å². The SMILES string of the molecule is CC[C@@H](NC(=O)[C@@H](C)N(c1ccc(OC)cc1)S(C)(=O)=O)c1ccc(OC)c(C)c1. The van der Waals surface area contributed by atoms with Crippen LogP contribution in [0.5, 0.6) is 11.5 Å². The Hall–Kier alpha value is -2.74. The van der Waals surface area contributed by atoms with E-state index in [4.69, 9.17) is 9.47 Å². The lowest BCUT2D eigenvalue weighted by Crippen LogP contribution is -2.48. The van der Waals surface area contributed by atoms with Crippen molar-refractivity contribution >= 4 is 21.6 Å². The fourth-order valence-corrected chi connectivity index (χ4v) is 4.54. The highest BCUT2D eigenvalue weighted by Gasteiger charge is 2.30. The second kappa shape index (κ2) is 9.84. The third-order valence-corrected chi connectivity index (χ3v) is 6.20. The number of sulfonamides is 1. The number of nitrogens with one attached hydrogen (secondary N) is 1.